The van der Waals surface area contributed by atoms with Crippen LogP contribution in [0.25, 0.3) is 10.9 Å². The zero-order chi connectivity index (χ0) is 21.1. The second kappa shape index (κ2) is 8.78. The number of hydrogen-bond donors (Lipinski definition) is 3. The lowest BCUT2D eigenvalue weighted by molar-refractivity contribution is 0.195. The Labute approximate surface area is 180 Å². The van der Waals surface area contributed by atoms with E-state index in [0.29, 0.717) is 12.1 Å². The first-order valence-corrected chi connectivity index (χ1v) is 10.7. The monoisotopic (exact) mass is 416 g/mol. The number of aryl methyl sites for hydroxylation is 1. The molecule has 152 valence electrons. The first kappa shape index (κ1) is 20.3. The van der Waals surface area contributed by atoms with Crippen molar-refractivity contribution in [1.29, 1.82) is 0 Å². The minimum atomic E-state index is -0.727. The van der Waals surface area contributed by atoms with Gasteiger partial charge in [0.05, 0.1) is 11.6 Å². The fourth-order valence-corrected chi connectivity index (χ4v) is 4.39. The molecule has 0 fully saturated rings. The molecule has 4 aromatic rings. The molecule has 0 aliphatic rings. The maximum Gasteiger partial charge on any atom is 0.124 e. The predicted molar refractivity (Wildman–Crippen MR) is 123 cm³/mol. The van der Waals surface area contributed by atoms with Crippen LogP contribution in [-0.2, 0) is 6.54 Å². The molecule has 0 saturated heterocycles. The molecule has 0 spiro atoms. The molecule has 4 nitrogen and oxygen atoms in total. The van der Waals surface area contributed by atoms with E-state index in [9.17, 15) is 10.2 Å². The highest BCUT2D eigenvalue weighted by atomic mass is 32.2. The van der Waals surface area contributed by atoms with Crippen molar-refractivity contribution in [3.05, 3.63) is 89.6 Å². The summed E-state index contributed by atoms with van der Waals surface area (Å²) in [5.74, 6) is 0.149. The number of aliphatic hydroxyl groups is 1. The molecular weight excluding hydrogens is 392 g/mol. The third-order valence-corrected chi connectivity index (χ3v) is 6.15. The number of nitrogens with zero attached hydrogens (tertiary/aromatic N) is 1. The van der Waals surface area contributed by atoms with Gasteiger partial charge >= 0.3 is 0 Å². The van der Waals surface area contributed by atoms with Gasteiger partial charge in [0.25, 0.3) is 0 Å². The topological polar surface area (TPSA) is 65.4 Å². The molecule has 1 unspecified atom stereocenters. The predicted octanol–water partition coefficient (Wildman–Crippen LogP) is 6.07. The Hall–Kier alpha value is -3.02. The average molecular weight is 417 g/mol. The molecule has 5 heteroatoms. The van der Waals surface area contributed by atoms with Crippen molar-refractivity contribution in [2.45, 2.75) is 36.3 Å². The number of anilines is 1. The van der Waals surface area contributed by atoms with E-state index in [0.717, 1.165) is 27.0 Å². The molecule has 3 N–H and O–H groups in total. The first-order chi connectivity index (χ1) is 14.5. The molecule has 1 aromatic heterocycles. The van der Waals surface area contributed by atoms with Gasteiger partial charge in [0, 0.05) is 39.2 Å². The molecular formula is C25H24N2O2S. The van der Waals surface area contributed by atoms with Crippen molar-refractivity contribution < 1.29 is 10.2 Å². The summed E-state index contributed by atoms with van der Waals surface area (Å²) in [4.78, 5) is 6.77. The molecule has 0 saturated carbocycles. The van der Waals surface area contributed by atoms with E-state index < -0.39 is 6.10 Å². The molecule has 1 heterocycles. The van der Waals surface area contributed by atoms with Gasteiger partial charge in [-0.05, 0) is 61.4 Å². The summed E-state index contributed by atoms with van der Waals surface area (Å²) in [6.07, 6.45) is 1.09. The SMILES string of the molecule is Cc1cc(NCc2ccccc2Sc2ccc3cccnc3c2)cc(C(C)O)c1O. The number of fused-ring (bicyclic) bond motifs is 1. The van der Waals surface area contributed by atoms with Crippen LogP contribution in [0.1, 0.15) is 29.7 Å². The number of phenols is 1. The van der Waals surface area contributed by atoms with Gasteiger partial charge in [0.15, 0.2) is 0 Å². The highest BCUT2D eigenvalue weighted by Crippen LogP contribution is 2.34. The Morgan fingerprint density at radius 2 is 1.87 bits per heavy atom. The number of aromatic hydroxyl groups is 1. The highest BCUT2D eigenvalue weighted by molar-refractivity contribution is 7.99. The molecule has 0 bridgehead atoms. The lowest BCUT2D eigenvalue weighted by Gasteiger charge is -2.15. The maximum absolute atomic E-state index is 10.2. The summed E-state index contributed by atoms with van der Waals surface area (Å²) in [7, 11) is 0. The van der Waals surface area contributed by atoms with Crippen LogP contribution in [0.15, 0.2) is 82.7 Å². The van der Waals surface area contributed by atoms with Crippen LogP contribution in [0.2, 0.25) is 0 Å². The molecule has 0 aliphatic carbocycles. The van der Waals surface area contributed by atoms with Crippen LogP contribution < -0.4 is 5.32 Å². The van der Waals surface area contributed by atoms with Gasteiger partial charge in [-0.1, -0.05) is 42.1 Å². The smallest absolute Gasteiger partial charge is 0.124 e. The molecule has 3 aromatic carbocycles. The largest absolute Gasteiger partial charge is 0.507 e. The molecule has 30 heavy (non-hydrogen) atoms. The van der Waals surface area contributed by atoms with Crippen molar-refractivity contribution in [3.8, 4) is 5.75 Å². The number of aliphatic hydroxyl groups excluding tert-OH is 1. The van der Waals surface area contributed by atoms with Gasteiger partial charge < -0.3 is 15.5 Å². The second-order valence-corrected chi connectivity index (χ2v) is 8.44. The van der Waals surface area contributed by atoms with Gasteiger partial charge in [0.2, 0.25) is 0 Å². The van der Waals surface area contributed by atoms with Crippen LogP contribution in [0, 0.1) is 6.92 Å². The number of pyridine rings is 1. The Kier molecular flexibility index (Phi) is 5.93. The van der Waals surface area contributed by atoms with E-state index >= 15 is 0 Å². The molecule has 4 rings (SSSR count). The number of benzene rings is 3. The minimum Gasteiger partial charge on any atom is -0.507 e. The van der Waals surface area contributed by atoms with Gasteiger partial charge in [-0.2, -0.15) is 0 Å². The average Bonchev–Trinajstić information content (AvgIpc) is 2.75. The van der Waals surface area contributed by atoms with Crippen molar-refractivity contribution in [2.24, 2.45) is 0 Å². The van der Waals surface area contributed by atoms with Gasteiger partial charge in [-0.3, -0.25) is 4.98 Å². The molecule has 0 radical (unpaired) electrons. The van der Waals surface area contributed by atoms with E-state index in [-0.39, 0.29) is 5.75 Å². The summed E-state index contributed by atoms with van der Waals surface area (Å²) in [6.45, 7) is 4.13. The Bertz CT molecular complexity index is 1190. The zero-order valence-electron chi connectivity index (χ0n) is 17.0. The van der Waals surface area contributed by atoms with Crippen LogP contribution in [0.5, 0.6) is 5.75 Å². The summed E-state index contributed by atoms with van der Waals surface area (Å²) < 4.78 is 0. The Morgan fingerprint density at radius 3 is 2.70 bits per heavy atom. The third kappa shape index (κ3) is 4.42. The number of nitrogens with one attached hydrogen (secondary N) is 1. The van der Waals surface area contributed by atoms with Gasteiger partial charge in [-0.15, -0.1) is 0 Å². The summed E-state index contributed by atoms with van der Waals surface area (Å²) in [5, 5.41) is 24.7. The van der Waals surface area contributed by atoms with Crippen molar-refractivity contribution in [1.82, 2.24) is 4.98 Å². The Morgan fingerprint density at radius 1 is 1.03 bits per heavy atom. The minimum absolute atomic E-state index is 0.149. The van der Waals surface area contributed by atoms with E-state index in [1.54, 1.807) is 24.8 Å². The lowest BCUT2D eigenvalue weighted by atomic mass is 10.0. The molecule has 1 atom stereocenters. The van der Waals surface area contributed by atoms with Crippen LogP contribution in [0.4, 0.5) is 5.69 Å². The number of phenolic OH excluding ortho intramolecular Hbond substituents is 1. The van der Waals surface area contributed by atoms with Crippen LogP contribution in [0.3, 0.4) is 0 Å². The van der Waals surface area contributed by atoms with E-state index in [1.165, 1.54) is 10.5 Å². The lowest BCUT2D eigenvalue weighted by Crippen LogP contribution is -2.03. The van der Waals surface area contributed by atoms with Gasteiger partial charge in [0.1, 0.15) is 5.75 Å². The van der Waals surface area contributed by atoms with E-state index in [4.69, 9.17) is 0 Å². The van der Waals surface area contributed by atoms with Crippen molar-refractivity contribution in [2.75, 3.05) is 5.32 Å². The fourth-order valence-electron chi connectivity index (χ4n) is 3.41. The summed E-state index contributed by atoms with van der Waals surface area (Å²) in [6, 6.07) is 22.4. The van der Waals surface area contributed by atoms with Gasteiger partial charge in [-0.25, -0.2) is 0 Å². The first-order valence-electron chi connectivity index (χ1n) is 9.87. The fraction of sp³-hybridized carbons (Fsp3) is 0.160. The highest BCUT2D eigenvalue weighted by Gasteiger charge is 2.12. The van der Waals surface area contributed by atoms with Crippen LogP contribution in [-0.4, -0.2) is 15.2 Å². The Balaban J connectivity index is 1.55. The van der Waals surface area contributed by atoms with E-state index in [2.05, 4.69) is 46.7 Å². The molecule has 0 aliphatic heterocycles. The quantitative estimate of drug-likeness (QED) is 0.333. The number of rotatable bonds is 6. The molecule has 0 amide bonds. The maximum atomic E-state index is 10.2. The summed E-state index contributed by atoms with van der Waals surface area (Å²) in [5.41, 5.74) is 4.30. The van der Waals surface area contributed by atoms with E-state index in [1.807, 2.05) is 37.4 Å². The number of hydrogen-bond acceptors (Lipinski definition) is 5. The normalized spacial score (nSPS) is 12.1. The third-order valence-electron chi connectivity index (χ3n) is 5.04. The number of aromatic nitrogens is 1. The zero-order valence-corrected chi connectivity index (χ0v) is 17.8. The second-order valence-electron chi connectivity index (χ2n) is 7.33. The van der Waals surface area contributed by atoms with Crippen molar-refractivity contribution in [3.63, 3.8) is 0 Å². The standard InChI is InChI=1S/C25H24N2O2S/c1-16-12-20(13-22(17(2)28)25(16)29)27-15-19-6-3-4-8-24(19)30-21-10-9-18-7-5-11-26-23(18)14-21/h3-14,17,27-29H,15H2,1-2H3. The van der Waals surface area contributed by atoms with Crippen LogP contribution >= 0.6 is 11.8 Å². The van der Waals surface area contributed by atoms with Crippen molar-refractivity contribution >= 4 is 28.4 Å². The summed E-state index contributed by atoms with van der Waals surface area (Å²) >= 11 is 1.72.